The van der Waals surface area contributed by atoms with Gasteiger partial charge in [0.1, 0.15) is 5.82 Å². The van der Waals surface area contributed by atoms with Gasteiger partial charge in [0.2, 0.25) is 0 Å². The van der Waals surface area contributed by atoms with Crippen LogP contribution >= 0.6 is 0 Å². The molecule has 2 heterocycles. The molecule has 1 atom stereocenters. The number of nitrogens with one attached hydrogen (secondary N) is 2. The van der Waals surface area contributed by atoms with E-state index in [1.807, 2.05) is 39.0 Å². The van der Waals surface area contributed by atoms with Gasteiger partial charge in [-0.15, -0.1) is 0 Å². The van der Waals surface area contributed by atoms with Gasteiger partial charge in [-0.25, -0.2) is 24.3 Å². The van der Waals surface area contributed by atoms with E-state index in [9.17, 15) is 13.9 Å². The Morgan fingerprint density at radius 3 is 2.52 bits per heavy atom. The van der Waals surface area contributed by atoms with Crippen molar-refractivity contribution >= 4 is 17.3 Å². The Bertz CT molecular complexity index is 869. The van der Waals surface area contributed by atoms with Crippen molar-refractivity contribution in [3.63, 3.8) is 0 Å². The maximum Gasteiger partial charge on any atom is 0.266 e. The van der Waals surface area contributed by atoms with Crippen LogP contribution in [0.25, 0.3) is 0 Å². The van der Waals surface area contributed by atoms with Gasteiger partial charge in [0.25, 0.3) is 5.92 Å². The average Bonchev–Trinajstić information content (AvgIpc) is 3.04. The van der Waals surface area contributed by atoms with E-state index in [0.717, 1.165) is 5.56 Å². The summed E-state index contributed by atoms with van der Waals surface area (Å²) in [5.41, 5.74) is 7.98. The molecule has 0 amide bonds. The number of anilines is 2. The molecule has 1 aromatic carbocycles. The molecule has 2 aromatic rings. The first-order chi connectivity index (χ1) is 13.6. The van der Waals surface area contributed by atoms with Gasteiger partial charge in [-0.3, -0.25) is 0 Å². The van der Waals surface area contributed by atoms with Crippen LogP contribution in [0, 0.1) is 5.53 Å². The predicted octanol–water partition coefficient (Wildman–Crippen LogP) is 4.43. The molecule has 0 saturated carbocycles. The fraction of sp³-hybridized carbons (Fsp3) is 0.500. The van der Waals surface area contributed by atoms with Gasteiger partial charge in [0, 0.05) is 24.9 Å². The van der Waals surface area contributed by atoms with Gasteiger partial charge in [-0.05, 0) is 5.56 Å². The number of aliphatic hydroxyl groups excluding tert-OH is 1. The van der Waals surface area contributed by atoms with Crippen LogP contribution in [-0.2, 0) is 5.41 Å². The summed E-state index contributed by atoms with van der Waals surface area (Å²) in [6.07, 6.45) is -1.07. The van der Waals surface area contributed by atoms with Gasteiger partial charge >= 0.3 is 0 Å². The molecule has 1 saturated heterocycles. The number of aromatic nitrogens is 2. The highest BCUT2D eigenvalue weighted by Crippen LogP contribution is 2.39. The van der Waals surface area contributed by atoms with Gasteiger partial charge < -0.3 is 15.3 Å². The van der Waals surface area contributed by atoms with E-state index in [-0.39, 0.29) is 36.8 Å². The highest BCUT2D eigenvalue weighted by molar-refractivity contribution is 5.75. The van der Waals surface area contributed by atoms with Crippen molar-refractivity contribution in [3.05, 3.63) is 41.7 Å². The predicted molar refractivity (Wildman–Crippen MR) is 107 cm³/mol. The SMILES string of the molecule is CC(C)(C)c1nc(NCC(O)c2ccccc2)c(N=N)c(N2CCC(F)(F)C2)n1. The molecular weight excluding hydrogens is 378 g/mol. The van der Waals surface area contributed by atoms with E-state index in [1.165, 1.54) is 4.90 Å². The summed E-state index contributed by atoms with van der Waals surface area (Å²) in [5, 5.41) is 17.0. The van der Waals surface area contributed by atoms with Crippen molar-refractivity contribution in [1.82, 2.24) is 9.97 Å². The van der Waals surface area contributed by atoms with E-state index < -0.39 is 24.0 Å². The minimum Gasteiger partial charge on any atom is -0.387 e. The van der Waals surface area contributed by atoms with Crippen LogP contribution in [0.1, 0.15) is 44.7 Å². The van der Waals surface area contributed by atoms with Crippen LogP contribution in [0.3, 0.4) is 0 Å². The highest BCUT2D eigenvalue weighted by atomic mass is 19.3. The lowest BCUT2D eigenvalue weighted by molar-refractivity contribution is 0.0257. The van der Waals surface area contributed by atoms with E-state index in [0.29, 0.717) is 5.82 Å². The molecule has 1 unspecified atom stereocenters. The summed E-state index contributed by atoms with van der Waals surface area (Å²) in [6.45, 7) is 5.55. The standard InChI is InChI=1S/C20H26F2N6O/c1-19(2,3)18-25-16(24-11-14(29)13-7-5-4-6-8-13)15(27-23)17(26-18)28-10-9-20(21,22)12-28/h4-8,14,23,29H,9-12H2,1-3H3,(H,24,25,26). The zero-order valence-corrected chi connectivity index (χ0v) is 16.8. The van der Waals surface area contributed by atoms with Crippen molar-refractivity contribution in [2.45, 2.75) is 44.6 Å². The van der Waals surface area contributed by atoms with Crippen LogP contribution in [0.2, 0.25) is 0 Å². The molecular formula is C20H26F2N6O. The largest absolute Gasteiger partial charge is 0.387 e. The van der Waals surface area contributed by atoms with Crippen molar-refractivity contribution in [3.8, 4) is 0 Å². The third-order valence-electron chi connectivity index (χ3n) is 4.76. The fourth-order valence-corrected chi connectivity index (χ4v) is 3.13. The Balaban J connectivity index is 1.94. The van der Waals surface area contributed by atoms with Crippen molar-refractivity contribution in [1.29, 1.82) is 5.53 Å². The minimum absolute atomic E-state index is 0.0935. The second-order valence-electron chi connectivity index (χ2n) is 8.26. The second kappa shape index (κ2) is 7.98. The van der Waals surface area contributed by atoms with E-state index >= 15 is 0 Å². The molecule has 0 radical (unpaired) electrons. The molecule has 3 rings (SSSR count). The monoisotopic (exact) mass is 404 g/mol. The summed E-state index contributed by atoms with van der Waals surface area (Å²) >= 11 is 0. The summed E-state index contributed by atoms with van der Waals surface area (Å²) in [5.74, 6) is -1.88. The van der Waals surface area contributed by atoms with Crippen molar-refractivity contribution in [2.24, 2.45) is 5.11 Å². The average molecular weight is 404 g/mol. The molecule has 1 aromatic heterocycles. The topological polar surface area (TPSA) is 97.5 Å². The summed E-state index contributed by atoms with van der Waals surface area (Å²) in [7, 11) is 0. The van der Waals surface area contributed by atoms with Crippen LogP contribution in [-0.4, -0.2) is 40.6 Å². The lowest BCUT2D eigenvalue weighted by Crippen LogP contribution is -2.28. The van der Waals surface area contributed by atoms with Crippen molar-refractivity contribution < 1.29 is 13.9 Å². The lowest BCUT2D eigenvalue weighted by Gasteiger charge is -2.25. The fourth-order valence-electron chi connectivity index (χ4n) is 3.13. The lowest BCUT2D eigenvalue weighted by atomic mass is 9.95. The molecule has 1 aliphatic heterocycles. The highest BCUT2D eigenvalue weighted by Gasteiger charge is 2.40. The number of nitrogens with zero attached hydrogens (tertiary/aromatic N) is 4. The Kier molecular flexibility index (Phi) is 5.79. The zero-order chi connectivity index (χ0) is 21.2. The van der Waals surface area contributed by atoms with E-state index in [2.05, 4.69) is 20.4 Å². The van der Waals surface area contributed by atoms with Gasteiger partial charge in [-0.1, -0.05) is 51.1 Å². The first-order valence-electron chi connectivity index (χ1n) is 9.50. The van der Waals surface area contributed by atoms with E-state index in [1.54, 1.807) is 12.1 Å². The Hall–Kier alpha value is -2.68. The summed E-state index contributed by atoms with van der Waals surface area (Å²) in [4.78, 5) is 10.4. The molecule has 156 valence electrons. The van der Waals surface area contributed by atoms with Gasteiger partial charge in [0.05, 0.1) is 12.6 Å². The van der Waals surface area contributed by atoms with Gasteiger partial charge in [-0.2, -0.15) is 5.11 Å². The Morgan fingerprint density at radius 1 is 1.28 bits per heavy atom. The van der Waals surface area contributed by atoms with Crippen LogP contribution in [0.5, 0.6) is 0 Å². The maximum absolute atomic E-state index is 13.8. The third kappa shape index (κ3) is 4.84. The zero-order valence-electron chi connectivity index (χ0n) is 16.8. The molecule has 7 nitrogen and oxygen atoms in total. The first-order valence-corrected chi connectivity index (χ1v) is 9.50. The number of rotatable bonds is 6. The molecule has 1 fully saturated rings. The first kappa shape index (κ1) is 21.0. The normalized spacial score (nSPS) is 17.2. The minimum atomic E-state index is -2.80. The number of hydrogen-bond donors (Lipinski definition) is 3. The summed E-state index contributed by atoms with van der Waals surface area (Å²) in [6, 6.07) is 9.13. The summed E-state index contributed by atoms with van der Waals surface area (Å²) < 4.78 is 27.6. The number of benzene rings is 1. The molecule has 9 heteroatoms. The quantitative estimate of drug-likeness (QED) is 0.619. The van der Waals surface area contributed by atoms with E-state index in [4.69, 9.17) is 5.53 Å². The number of hydrogen-bond acceptors (Lipinski definition) is 7. The van der Waals surface area contributed by atoms with Crippen molar-refractivity contribution in [2.75, 3.05) is 29.9 Å². The smallest absolute Gasteiger partial charge is 0.266 e. The molecule has 0 aliphatic carbocycles. The molecule has 29 heavy (non-hydrogen) atoms. The second-order valence-corrected chi connectivity index (χ2v) is 8.26. The molecule has 3 N–H and O–H groups in total. The van der Waals surface area contributed by atoms with Gasteiger partial charge in [0.15, 0.2) is 17.3 Å². The number of aliphatic hydroxyl groups is 1. The number of halogens is 2. The molecule has 0 bridgehead atoms. The molecule has 1 aliphatic rings. The maximum atomic E-state index is 13.8. The number of alkyl halides is 2. The third-order valence-corrected chi connectivity index (χ3v) is 4.76. The Labute approximate surface area is 168 Å². The van der Waals surface area contributed by atoms with Crippen LogP contribution in [0.15, 0.2) is 35.4 Å². The molecule has 0 spiro atoms. The Morgan fingerprint density at radius 2 is 1.97 bits per heavy atom. The van der Waals surface area contributed by atoms with Crippen LogP contribution in [0.4, 0.5) is 26.1 Å². The van der Waals surface area contributed by atoms with Crippen LogP contribution < -0.4 is 10.2 Å².